The van der Waals surface area contributed by atoms with E-state index in [1.807, 2.05) is 30.3 Å². The molecule has 0 spiro atoms. The molecule has 1 aromatic carbocycles. The minimum Gasteiger partial charge on any atom is -0.467 e. The van der Waals surface area contributed by atoms with Gasteiger partial charge < -0.3 is 9.47 Å². The van der Waals surface area contributed by atoms with Gasteiger partial charge in [-0.15, -0.1) is 0 Å². The number of carbonyl (C=O) groups excluding carboxylic acids is 4. The SMILES string of the molecule is CCOC(=O)[C@@H](CCc1ccccc1)N[C@H]1CCC(=O)N2CCC[C@@H](C(=O)OC)N2C1=O. The van der Waals surface area contributed by atoms with Crippen molar-refractivity contribution in [2.75, 3.05) is 20.3 Å². The molecule has 1 N–H and O–H groups in total. The Morgan fingerprint density at radius 1 is 1.19 bits per heavy atom. The fourth-order valence-corrected chi connectivity index (χ4v) is 4.25. The number of rotatable bonds is 8. The number of methoxy groups -OCH3 is 1. The number of hydrogen-bond acceptors (Lipinski definition) is 7. The number of nitrogens with zero attached hydrogens (tertiary/aromatic N) is 2. The molecule has 32 heavy (non-hydrogen) atoms. The Kier molecular flexibility index (Phi) is 8.21. The number of nitrogens with one attached hydrogen (secondary N) is 1. The lowest BCUT2D eigenvalue weighted by molar-refractivity contribution is -0.182. The van der Waals surface area contributed by atoms with Crippen LogP contribution in [0.4, 0.5) is 0 Å². The number of benzene rings is 1. The lowest BCUT2D eigenvalue weighted by atomic mass is 10.0. The summed E-state index contributed by atoms with van der Waals surface area (Å²) in [6.45, 7) is 2.33. The molecular formula is C23H31N3O6. The van der Waals surface area contributed by atoms with Crippen molar-refractivity contribution in [1.82, 2.24) is 15.3 Å². The van der Waals surface area contributed by atoms with Crippen LogP contribution in [0.5, 0.6) is 0 Å². The van der Waals surface area contributed by atoms with Gasteiger partial charge >= 0.3 is 11.9 Å². The monoisotopic (exact) mass is 445 g/mol. The van der Waals surface area contributed by atoms with Gasteiger partial charge in [0.05, 0.1) is 19.8 Å². The molecule has 2 saturated heterocycles. The third kappa shape index (κ3) is 5.45. The van der Waals surface area contributed by atoms with Gasteiger partial charge in [0.15, 0.2) is 6.04 Å². The molecule has 9 nitrogen and oxygen atoms in total. The normalized spacial score (nSPS) is 22.1. The topological polar surface area (TPSA) is 105 Å². The van der Waals surface area contributed by atoms with E-state index in [1.165, 1.54) is 17.1 Å². The van der Waals surface area contributed by atoms with E-state index in [0.29, 0.717) is 32.2 Å². The van der Waals surface area contributed by atoms with Gasteiger partial charge in [-0.2, -0.15) is 0 Å². The summed E-state index contributed by atoms with van der Waals surface area (Å²) >= 11 is 0. The van der Waals surface area contributed by atoms with Crippen molar-refractivity contribution in [2.45, 2.75) is 63.6 Å². The number of fused-ring (bicyclic) bond motifs is 1. The minimum absolute atomic E-state index is 0.141. The highest BCUT2D eigenvalue weighted by atomic mass is 16.5. The predicted octanol–water partition coefficient (Wildman–Crippen LogP) is 1.21. The minimum atomic E-state index is -0.849. The zero-order chi connectivity index (χ0) is 23.1. The molecule has 0 saturated carbocycles. The molecule has 0 aliphatic carbocycles. The van der Waals surface area contributed by atoms with Crippen LogP contribution in [0.3, 0.4) is 0 Å². The molecule has 3 rings (SSSR count). The van der Waals surface area contributed by atoms with Gasteiger partial charge in [-0.05, 0) is 44.6 Å². The van der Waals surface area contributed by atoms with E-state index in [9.17, 15) is 19.2 Å². The third-order valence-electron chi connectivity index (χ3n) is 5.87. The summed E-state index contributed by atoms with van der Waals surface area (Å²) in [5.74, 6) is -1.61. The van der Waals surface area contributed by atoms with Crippen LogP contribution in [0.2, 0.25) is 0 Å². The van der Waals surface area contributed by atoms with Crippen molar-refractivity contribution in [1.29, 1.82) is 0 Å². The lowest BCUT2D eigenvalue weighted by Crippen LogP contribution is -2.63. The van der Waals surface area contributed by atoms with E-state index in [-0.39, 0.29) is 25.4 Å². The second-order valence-corrected chi connectivity index (χ2v) is 7.97. The number of carbonyl (C=O) groups is 4. The van der Waals surface area contributed by atoms with Crippen molar-refractivity contribution < 1.29 is 28.7 Å². The van der Waals surface area contributed by atoms with E-state index < -0.39 is 36.0 Å². The Hall–Kier alpha value is -2.94. The van der Waals surface area contributed by atoms with E-state index in [1.54, 1.807) is 6.92 Å². The molecule has 3 atom stereocenters. The quantitative estimate of drug-likeness (QED) is 0.600. The maximum Gasteiger partial charge on any atom is 0.330 e. The van der Waals surface area contributed by atoms with Crippen LogP contribution in [0, 0.1) is 0 Å². The summed E-state index contributed by atoms with van der Waals surface area (Å²) in [6.07, 6.45) is 2.46. The van der Waals surface area contributed by atoms with Crippen LogP contribution in [0.15, 0.2) is 30.3 Å². The molecule has 1 aromatic rings. The highest BCUT2D eigenvalue weighted by Gasteiger charge is 2.45. The van der Waals surface area contributed by atoms with Crippen LogP contribution in [-0.4, -0.2) is 72.2 Å². The van der Waals surface area contributed by atoms with E-state index in [2.05, 4.69) is 5.32 Å². The van der Waals surface area contributed by atoms with Crippen LogP contribution in [-0.2, 0) is 35.1 Å². The Morgan fingerprint density at radius 2 is 1.94 bits per heavy atom. The summed E-state index contributed by atoms with van der Waals surface area (Å²) in [5.41, 5.74) is 1.07. The fourth-order valence-electron chi connectivity index (χ4n) is 4.25. The molecule has 9 heteroatoms. The lowest BCUT2D eigenvalue weighted by Gasteiger charge is -2.42. The number of hydrogen-bond donors (Lipinski definition) is 1. The molecule has 2 heterocycles. The van der Waals surface area contributed by atoms with Crippen molar-refractivity contribution >= 4 is 23.8 Å². The molecule has 2 fully saturated rings. The number of amides is 2. The molecule has 0 bridgehead atoms. The Morgan fingerprint density at radius 3 is 2.62 bits per heavy atom. The Balaban J connectivity index is 1.79. The highest BCUT2D eigenvalue weighted by molar-refractivity contribution is 5.92. The van der Waals surface area contributed by atoms with Gasteiger partial charge in [-0.25, -0.2) is 9.80 Å². The van der Waals surface area contributed by atoms with Gasteiger partial charge in [-0.1, -0.05) is 30.3 Å². The molecule has 0 aromatic heterocycles. The summed E-state index contributed by atoms with van der Waals surface area (Å²) < 4.78 is 10.1. The number of aryl methyl sites for hydroxylation is 1. The van der Waals surface area contributed by atoms with Gasteiger partial charge in [0, 0.05) is 13.0 Å². The van der Waals surface area contributed by atoms with Crippen LogP contribution in [0.1, 0.15) is 44.6 Å². The van der Waals surface area contributed by atoms with E-state index in [0.717, 1.165) is 5.56 Å². The number of esters is 2. The maximum absolute atomic E-state index is 13.5. The standard InChI is InChI=1S/C23H31N3O6/c1-3-32-22(29)18(12-11-16-8-5-4-6-9-16)24-17-13-14-20(27)25-15-7-10-19(23(30)31-2)26(25)21(17)28/h4-6,8-9,17-19,24H,3,7,10-15H2,1-2H3/t17-,18+,19-/m0/s1. The molecule has 0 radical (unpaired) electrons. The first kappa shape index (κ1) is 23.7. The molecule has 0 unspecified atom stereocenters. The fraction of sp³-hybridized carbons (Fsp3) is 0.565. The molecule has 2 amide bonds. The second kappa shape index (κ2) is 11.1. The summed E-state index contributed by atoms with van der Waals surface area (Å²) in [6, 6.07) is 7.38. The average Bonchev–Trinajstić information content (AvgIpc) is 2.93. The largest absolute Gasteiger partial charge is 0.467 e. The molecule has 2 aliphatic heterocycles. The first-order valence-corrected chi connectivity index (χ1v) is 11.1. The summed E-state index contributed by atoms with van der Waals surface area (Å²) in [7, 11) is 1.27. The van der Waals surface area contributed by atoms with Crippen molar-refractivity contribution in [3.05, 3.63) is 35.9 Å². The predicted molar refractivity (Wildman–Crippen MR) is 115 cm³/mol. The zero-order valence-electron chi connectivity index (χ0n) is 18.6. The summed E-state index contributed by atoms with van der Waals surface area (Å²) in [4.78, 5) is 51.1. The van der Waals surface area contributed by atoms with Gasteiger partial charge in [0.2, 0.25) is 5.91 Å². The summed E-state index contributed by atoms with van der Waals surface area (Å²) in [5, 5.41) is 5.73. The first-order valence-electron chi connectivity index (χ1n) is 11.1. The highest BCUT2D eigenvalue weighted by Crippen LogP contribution is 2.26. The Bertz CT molecular complexity index is 830. The van der Waals surface area contributed by atoms with Gasteiger partial charge in [0.1, 0.15) is 6.04 Å². The molecule has 2 aliphatic rings. The first-order chi connectivity index (χ1) is 15.5. The smallest absolute Gasteiger partial charge is 0.330 e. The molecule has 174 valence electrons. The van der Waals surface area contributed by atoms with Crippen molar-refractivity contribution in [2.24, 2.45) is 0 Å². The zero-order valence-corrected chi connectivity index (χ0v) is 18.6. The number of hydrazine groups is 1. The number of ether oxygens (including phenoxy) is 2. The van der Waals surface area contributed by atoms with E-state index in [4.69, 9.17) is 9.47 Å². The molecular weight excluding hydrogens is 414 g/mol. The average molecular weight is 446 g/mol. The van der Waals surface area contributed by atoms with Gasteiger partial charge in [-0.3, -0.25) is 24.7 Å². The van der Waals surface area contributed by atoms with Crippen LogP contribution < -0.4 is 5.32 Å². The third-order valence-corrected chi connectivity index (χ3v) is 5.87. The van der Waals surface area contributed by atoms with Crippen LogP contribution in [0.25, 0.3) is 0 Å². The maximum atomic E-state index is 13.5. The van der Waals surface area contributed by atoms with Crippen molar-refractivity contribution in [3.63, 3.8) is 0 Å². The second-order valence-electron chi connectivity index (χ2n) is 7.97. The van der Waals surface area contributed by atoms with Crippen LogP contribution >= 0.6 is 0 Å². The van der Waals surface area contributed by atoms with E-state index >= 15 is 0 Å². The van der Waals surface area contributed by atoms with Crippen molar-refractivity contribution in [3.8, 4) is 0 Å². The van der Waals surface area contributed by atoms with Gasteiger partial charge in [0.25, 0.3) is 5.91 Å². The Labute approximate surface area is 188 Å².